The van der Waals surface area contributed by atoms with E-state index in [1.165, 1.54) is 4.90 Å². The van der Waals surface area contributed by atoms with E-state index in [0.29, 0.717) is 6.54 Å². The van der Waals surface area contributed by atoms with Crippen LogP contribution in [0.25, 0.3) is 0 Å². The van der Waals surface area contributed by atoms with Crippen molar-refractivity contribution in [3.8, 4) is 0 Å². The third-order valence-electron chi connectivity index (χ3n) is 6.32. The summed E-state index contributed by atoms with van der Waals surface area (Å²) < 4.78 is 5.50. The first-order chi connectivity index (χ1) is 11.9. The molecule has 1 N–H and O–H groups in total. The minimum atomic E-state index is -0.769. The van der Waals surface area contributed by atoms with Crippen LogP contribution in [0, 0.1) is 23.7 Å². The van der Waals surface area contributed by atoms with Gasteiger partial charge in [-0.3, -0.25) is 19.3 Å². The van der Waals surface area contributed by atoms with E-state index in [1.54, 1.807) is 6.92 Å². The quantitative estimate of drug-likeness (QED) is 0.491. The summed E-state index contributed by atoms with van der Waals surface area (Å²) >= 11 is 7.34. The minimum absolute atomic E-state index is 0.0414. The molecule has 2 aliphatic carbocycles. The van der Waals surface area contributed by atoms with Gasteiger partial charge in [-0.25, -0.2) is 0 Å². The van der Waals surface area contributed by atoms with Crippen LogP contribution in [0.4, 0.5) is 0 Å². The van der Waals surface area contributed by atoms with E-state index in [9.17, 15) is 14.4 Å². The maximum Gasteiger partial charge on any atom is 0.243 e. The molecule has 3 amide bonds. The third kappa shape index (κ3) is 2.70. The molecule has 0 spiro atoms. The number of nitrogens with zero attached hydrogens (tertiary/aromatic N) is 1. The lowest BCUT2D eigenvalue weighted by atomic mass is 9.81. The lowest BCUT2D eigenvalue weighted by Crippen LogP contribution is -2.50. The predicted molar refractivity (Wildman–Crippen MR) is 97.3 cm³/mol. The maximum atomic E-state index is 12.9. The Hall–Kier alpha value is -0.470. The molecule has 2 heterocycles. The van der Waals surface area contributed by atoms with E-state index in [4.69, 9.17) is 4.74 Å². The summed E-state index contributed by atoms with van der Waals surface area (Å²) in [5, 5.41) is 2.84. The highest BCUT2D eigenvalue weighted by Crippen LogP contribution is 2.60. The number of carbonyl (C=O) groups excluding carboxylic acids is 3. The highest BCUT2D eigenvalue weighted by Gasteiger charge is 2.67. The van der Waals surface area contributed by atoms with Crippen LogP contribution < -0.4 is 5.32 Å². The van der Waals surface area contributed by atoms with E-state index in [1.807, 2.05) is 0 Å². The summed E-state index contributed by atoms with van der Waals surface area (Å²) in [6.45, 7) is 2.80. The molecule has 138 valence electrons. The number of rotatable bonds is 4. The molecule has 8 atom stereocenters. The molecule has 2 saturated carbocycles. The first-order valence-electron chi connectivity index (χ1n) is 8.96. The van der Waals surface area contributed by atoms with Gasteiger partial charge in [-0.1, -0.05) is 31.9 Å². The number of halogens is 2. The number of hydrogen-bond acceptors (Lipinski definition) is 4. The van der Waals surface area contributed by atoms with E-state index in [2.05, 4.69) is 37.2 Å². The molecule has 2 bridgehead atoms. The van der Waals surface area contributed by atoms with Crippen molar-refractivity contribution in [2.45, 2.75) is 48.0 Å². The Morgan fingerprint density at radius 2 is 1.84 bits per heavy atom. The van der Waals surface area contributed by atoms with Gasteiger partial charge < -0.3 is 10.1 Å². The van der Waals surface area contributed by atoms with Crippen LogP contribution >= 0.6 is 31.9 Å². The molecule has 2 aliphatic heterocycles. The van der Waals surface area contributed by atoms with Crippen LogP contribution in [0.15, 0.2) is 0 Å². The first-order valence-corrected chi connectivity index (χ1v) is 10.8. The van der Waals surface area contributed by atoms with Gasteiger partial charge in [-0.05, 0) is 38.0 Å². The second-order valence-electron chi connectivity index (χ2n) is 7.61. The number of likely N-dealkylation sites (tertiary alicyclic amines) is 1. The monoisotopic (exact) mass is 476 g/mol. The molecular weight excluding hydrogens is 456 g/mol. The van der Waals surface area contributed by atoms with Crippen molar-refractivity contribution in [2.24, 2.45) is 23.7 Å². The number of fused-ring (bicyclic) bond motifs is 5. The number of carbonyl (C=O) groups is 3. The smallest absolute Gasteiger partial charge is 0.243 e. The number of alkyl halides is 2. The van der Waals surface area contributed by atoms with Crippen molar-refractivity contribution in [1.82, 2.24) is 10.2 Å². The lowest BCUT2D eigenvalue weighted by molar-refractivity contribution is -0.148. The van der Waals surface area contributed by atoms with Crippen LogP contribution in [-0.2, 0) is 19.1 Å². The second kappa shape index (κ2) is 6.60. The largest absolute Gasteiger partial charge is 0.376 e. The summed E-state index contributed by atoms with van der Waals surface area (Å²) in [7, 11) is 0. The van der Waals surface area contributed by atoms with E-state index in [-0.39, 0.29) is 57.2 Å². The van der Waals surface area contributed by atoms with E-state index in [0.717, 1.165) is 25.9 Å². The average molecular weight is 478 g/mol. The van der Waals surface area contributed by atoms with Gasteiger partial charge in [-0.15, -0.1) is 0 Å². The molecular formula is C17H22Br2N2O4. The molecule has 8 heteroatoms. The van der Waals surface area contributed by atoms with Crippen molar-refractivity contribution in [2.75, 3.05) is 13.2 Å². The Balaban J connectivity index is 1.45. The number of hydrogen-bond donors (Lipinski definition) is 1. The van der Waals surface area contributed by atoms with Crippen LogP contribution in [0.3, 0.4) is 0 Å². The highest BCUT2D eigenvalue weighted by atomic mass is 79.9. The van der Waals surface area contributed by atoms with Crippen LogP contribution in [-0.4, -0.2) is 57.6 Å². The molecule has 4 aliphatic rings. The fourth-order valence-corrected chi connectivity index (χ4v) is 6.91. The van der Waals surface area contributed by atoms with Gasteiger partial charge in [0.1, 0.15) is 6.04 Å². The number of nitrogens with one attached hydrogen (secondary N) is 1. The van der Waals surface area contributed by atoms with Gasteiger partial charge in [-0.2, -0.15) is 0 Å². The molecule has 0 aromatic heterocycles. The van der Waals surface area contributed by atoms with Crippen LogP contribution in [0.5, 0.6) is 0 Å². The third-order valence-corrected chi connectivity index (χ3v) is 9.52. The Morgan fingerprint density at radius 1 is 1.24 bits per heavy atom. The lowest BCUT2D eigenvalue weighted by Gasteiger charge is -2.28. The van der Waals surface area contributed by atoms with Crippen LogP contribution in [0.2, 0.25) is 0 Å². The van der Waals surface area contributed by atoms with Gasteiger partial charge in [0, 0.05) is 22.8 Å². The average Bonchev–Trinajstić information content (AvgIpc) is 3.33. The molecule has 0 unspecified atom stereocenters. The Labute approximate surface area is 163 Å². The highest BCUT2D eigenvalue weighted by molar-refractivity contribution is 9.12. The Morgan fingerprint density at radius 3 is 2.36 bits per heavy atom. The molecule has 0 radical (unpaired) electrons. The van der Waals surface area contributed by atoms with Crippen molar-refractivity contribution in [3.05, 3.63) is 0 Å². The SMILES string of the molecule is C[C@H](C(=O)NC[C@H]1CCCO1)N1C(=O)[C@@H]2[C@@H]3C[C@H]([C@H](Br)[C@@H]3Br)[C@@H]2C1=O. The molecule has 6 nitrogen and oxygen atoms in total. The zero-order valence-electron chi connectivity index (χ0n) is 14.0. The first kappa shape index (κ1) is 17.9. The van der Waals surface area contributed by atoms with Crippen LogP contribution in [0.1, 0.15) is 26.2 Å². The Kier molecular flexibility index (Phi) is 4.73. The Bertz CT molecular complexity index is 577. The normalized spacial score (nSPS) is 43.6. The molecule has 4 rings (SSSR count). The summed E-state index contributed by atoms with van der Waals surface area (Å²) in [6.07, 6.45) is 2.88. The fraction of sp³-hybridized carbons (Fsp3) is 0.824. The summed E-state index contributed by atoms with van der Waals surface area (Å²) in [6, 6.07) is -0.769. The number of ether oxygens (including phenoxy) is 1. The molecule has 2 saturated heterocycles. The predicted octanol–water partition coefficient (Wildman–Crippen LogP) is 1.45. The van der Waals surface area contributed by atoms with Crippen molar-refractivity contribution in [1.29, 1.82) is 0 Å². The summed E-state index contributed by atoms with van der Waals surface area (Å²) in [4.78, 5) is 39.9. The van der Waals surface area contributed by atoms with E-state index < -0.39 is 6.04 Å². The topological polar surface area (TPSA) is 75.7 Å². The van der Waals surface area contributed by atoms with Gasteiger partial charge in [0.15, 0.2) is 0 Å². The van der Waals surface area contributed by atoms with E-state index >= 15 is 0 Å². The van der Waals surface area contributed by atoms with Gasteiger partial charge >= 0.3 is 0 Å². The number of amides is 3. The molecule has 25 heavy (non-hydrogen) atoms. The van der Waals surface area contributed by atoms with Crippen molar-refractivity contribution in [3.63, 3.8) is 0 Å². The van der Waals surface area contributed by atoms with Gasteiger partial charge in [0.2, 0.25) is 17.7 Å². The molecule has 0 aromatic carbocycles. The summed E-state index contributed by atoms with van der Waals surface area (Å²) in [5.74, 6) is -0.841. The zero-order chi connectivity index (χ0) is 17.9. The van der Waals surface area contributed by atoms with Gasteiger partial charge in [0.05, 0.1) is 17.9 Å². The standard InChI is InChI=1S/C17H22Br2N2O4/c1-7(15(22)20-6-8-3-2-4-25-8)21-16(23)11-9-5-10(12(11)17(21)24)14(19)13(9)18/h7-14H,2-6H2,1H3,(H,20,22)/t7-,8-,9+,10+,11-,12+,13-,14+/m1/s1. The van der Waals surface area contributed by atoms with Gasteiger partial charge in [0.25, 0.3) is 0 Å². The fourth-order valence-electron chi connectivity index (χ4n) is 5.04. The molecule has 0 aromatic rings. The summed E-state index contributed by atoms with van der Waals surface area (Å²) in [5.41, 5.74) is 0. The van der Waals surface area contributed by atoms with Crippen molar-refractivity contribution >= 4 is 49.6 Å². The number of imide groups is 1. The molecule has 4 fully saturated rings. The maximum absolute atomic E-state index is 12.9. The second-order valence-corrected chi connectivity index (χ2v) is 9.72. The minimum Gasteiger partial charge on any atom is -0.376 e. The zero-order valence-corrected chi connectivity index (χ0v) is 17.2. The van der Waals surface area contributed by atoms with Crippen molar-refractivity contribution < 1.29 is 19.1 Å².